The topological polar surface area (TPSA) is 105 Å². The molecule has 1 saturated heterocycles. The minimum Gasteiger partial charge on any atom is -0.455 e. The number of rotatable bonds is 6. The summed E-state index contributed by atoms with van der Waals surface area (Å²) in [7, 11) is 0. The van der Waals surface area contributed by atoms with Crippen molar-refractivity contribution < 1.29 is 23.9 Å². The molecule has 1 aliphatic carbocycles. The second-order valence-electron chi connectivity index (χ2n) is 7.43. The molecule has 8 heteroatoms. The lowest BCUT2D eigenvalue weighted by atomic mass is 9.82. The van der Waals surface area contributed by atoms with E-state index in [4.69, 9.17) is 4.74 Å². The zero-order valence-electron chi connectivity index (χ0n) is 15.9. The molecule has 2 N–H and O–H groups in total. The van der Waals surface area contributed by atoms with E-state index in [1.165, 1.54) is 0 Å². The van der Waals surface area contributed by atoms with Gasteiger partial charge in [-0.25, -0.2) is 4.79 Å². The maximum absolute atomic E-state index is 12.6. The average Bonchev–Trinajstić information content (AvgIpc) is 2.91. The lowest BCUT2D eigenvalue weighted by Gasteiger charge is -2.30. The molecule has 1 spiro atoms. The summed E-state index contributed by atoms with van der Waals surface area (Å²) in [5, 5.41) is 3.40. The third kappa shape index (κ3) is 4.32. The molecule has 0 bridgehead atoms. The lowest BCUT2D eigenvalue weighted by molar-refractivity contribution is -0.151. The van der Waals surface area contributed by atoms with Gasteiger partial charge in [-0.2, -0.15) is 5.01 Å². The summed E-state index contributed by atoms with van der Waals surface area (Å²) in [6, 6.07) is 8.87. The third-order valence-corrected chi connectivity index (χ3v) is 5.31. The molecule has 1 aromatic rings. The van der Waals surface area contributed by atoms with E-state index in [2.05, 4.69) is 10.7 Å². The number of carbonyl (C=O) groups is 4. The molecular formula is C20H25N3O5. The number of carbonyl (C=O) groups excluding carboxylic acids is 4. The van der Waals surface area contributed by atoms with E-state index in [9.17, 15) is 19.2 Å². The molecule has 0 aromatic heterocycles. The van der Waals surface area contributed by atoms with Crippen molar-refractivity contribution in [1.82, 2.24) is 15.8 Å². The molecule has 0 unspecified atom stereocenters. The molecule has 1 aromatic carbocycles. The molecule has 1 atom stereocenters. The average molecular weight is 387 g/mol. The highest BCUT2D eigenvalue weighted by molar-refractivity contribution is 6.08. The largest absolute Gasteiger partial charge is 0.455 e. The Bertz CT molecular complexity index is 758. The van der Waals surface area contributed by atoms with E-state index < -0.39 is 36.0 Å². The van der Waals surface area contributed by atoms with Crippen LogP contribution in [0.4, 0.5) is 4.79 Å². The summed E-state index contributed by atoms with van der Waals surface area (Å²) in [6.07, 6.45) is 3.99. The number of nitrogens with zero attached hydrogens (tertiary/aromatic N) is 1. The number of esters is 1. The third-order valence-electron chi connectivity index (χ3n) is 5.31. The van der Waals surface area contributed by atoms with Gasteiger partial charge in [0, 0.05) is 0 Å². The molecule has 2 fully saturated rings. The number of urea groups is 1. The number of nitrogens with one attached hydrogen (secondary N) is 2. The van der Waals surface area contributed by atoms with Gasteiger partial charge in [0.05, 0.1) is 6.42 Å². The molecule has 150 valence electrons. The van der Waals surface area contributed by atoms with Gasteiger partial charge in [-0.1, -0.05) is 56.5 Å². The van der Waals surface area contributed by atoms with Crippen molar-refractivity contribution in [3.8, 4) is 0 Å². The molecule has 0 radical (unpaired) electrons. The monoisotopic (exact) mass is 387 g/mol. The van der Waals surface area contributed by atoms with Crippen LogP contribution in [0, 0.1) is 0 Å². The first-order valence-electron chi connectivity index (χ1n) is 9.58. The number of imide groups is 1. The van der Waals surface area contributed by atoms with E-state index in [0.29, 0.717) is 17.9 Å². The van der Waals surface area contributed by atoms with Crippen LogP contribution in [0.15, 0.2) is 30.3 Å². The Morgan fingerprint density at radius 3 is 2.54 bits per heavy atom. The van der Waals surface area contributed by atoms with Crippen LogP contribution >= 0.6 is 0 Å². The highest BCUT2D eigenvalue weighted by atomic mass is 16.5. The van der Waals surface area contributed by atoms with Gasteiger partial charge in [-0.05, 0) is 24.3 Å². The summed E-state index contributed by atoms with van der Waals surface area (Å²) < 4.78 is 4.99. The second-order valence-corrected chi connectivity index (χ2v) is 7.43. The van der Waals surface area contributed by atoms with Crippen LogP contribution in [0.5, 0.6) is 0 Å². The number of hydrogen-bond acceptors (Lipinski definition) is 5. The van der Waals surface area contributed by atoms with Crippen molar-refractivity contribution in [3.63, 3.8) is 0 Å². The number of hydrogen-bond donors (Lipinski definition) is 2. The maximum atomic E-state index is 12.6. The predicted octanol–water partition coefficient (Wildman–Crippen LogP) is 2.01. The standard InChI is InChI=1S/C20H25N3O5/c1-14(15-8-4-2-5-9-15)12-17(25)28-13-16(24)22-23-18(26)20(21-19(23)27)10-6-3-7-11-20/h2,4-5,8-9,14H,3,6-7,10-13H2,1H3,(H,21,27)(H,22,24)/t14-/m0/s1. The fraction of sp³-hybridized carbons (Fsp3) is 0.500. The summed E-state index contributed by atoms with van der Waals surface area (Å²) >= 11 is 0. The van der Waals surface area contributed by atoms with Gasteiger partial charge in [0.25, 0.3) is 11.8 Å². The zero-order valence-corrected chi connectivity index (χ0v) is 15.9. The van der Waals surface area contributed by atoms with Crippen LogP contribution in [0.25, 0.3) is 0 Å². The van der Waals surface area contributed by atoms with Crippen molar-refractivity contribution in [3.05, 3.63) is 35.9 Å². The van der Waals surface area contributed by atoms with Crippen molar-refractivity contribution >= 4 is 23.8 Å². The van der Waals surface area contributed by atoms with Crippen molar-refractivity contribution in [1.29, 1.82) is 0 Å². The van der Waals surface area contributed by atoms with Crippen LogP contribution in [0.2, 0.25) is 0 Å². The van der Waals surface area contributed by atoms with E-state index in [0.717, 1.165) is 24.8 Å². The molecule has 1 heterocycles. The molecule has 1 aliphatic heterocycles. The van der Waals surface area contributed by atoms with Gasteiger partial charge in [0.15, 0.2) is 6.61 Å². The number of ether oxygens (including phenoxy) is 1. The Kier molecular flexibility index (Phi) is 5.96. The van der Waals surface area contributed by atoms with Crippen LogP contribution in [0.3, 0.4) is 0 Å². The molecular weight excluding hydrogens is 362 g/mol. The number of benzene rings is 1. The Morgan fingerprint density at radius 1 is 1.18 bits per heavy atom. The van der Waals surface area contributed by atoms with Crippen LogP contribution in [0.1, 0.15) is 56.9 Å². The first-order chi connectivity index (χ1) is 13.4. The van der Waals surface area contributed by atoms with Gasteiger partial charge in [0.2, 0.25) is 0 Å². The Hall–Kier alpha value is -2.90. The summed E-state index contributed by atoms with van der Waals surface area (Å²) in [5.41, 5.74) is 2.33. The highest BCUT2D eigenvalue weighted by Gasteiger charge is 2.52. The molecule has 1 saturated carbocycles. The highest BCUT2D eigenvalue weighted by Crippen LogP contribution is 2.32. The van der Waals surface area contributed by atoms with Crippen molar-refractivity contribution in [2.24, 2.45) is 0 Å². The van der Waals surface area contributed by atoms with E-state index in [1.54, 1.807) is 0 Å². The minimum absolute atomic E-state index is 0.0474. The van der Waals surface area contributed by atoms with E-state index in [1.807, 2.05) is 37.3 Å². The quantitative estimate of drug-likeness (QED) is 0.574. The summed E-state index contributed by atoms with van der Waals surface area (Å²) in [5.74, 6) is -1.74. The summed E-state index contributed by atoms with van der Waals surface area (Å²) in [6.45, 7) is 1.35. The smallest absolute Gasteiger partial charge is 0.344 e. The zero-order chi connectivity index (χ0) is 20.1. The van der Waals surface area contributed by atoms with Crippen molar-refractivity contribution in [2.45, 2.75) is 56.9 Å². The lowest BCUT2D eigenvalue weighted by Crippen LogP contribution is -2.51. The molecule has 4 amide bonds. The molecule has 3 rings (SSSR count). The van der Waals surface area contributed by atoms with Gasteiger partial charge >= 0.3 is 12.0 Å². The van der Waals surface area contributed by atoms with Crippen LogP contribution in [-0.2, 0) is 19.1 Å². The predicted molar refractivity (Wildman–Crippen MR) is 99.8 cm³/mol. The fourth-order valence-corrected chi connectivity index (χ4v) is 3.73. The fourth-order valence-electron chi connectivity index (χ4n) is 3.73. The van der Waals surface area contributed by atoms with Crippen molar-refractivity contribution in [2.75, 3.05) is 6.61 Å². The second kappa shape index (κ2) is 8.41. The summed E-state index contributed by atoms with van der Waals surface area (Å²) in [4.78, 5) is 48.7. The Labute approximate surface area is 163 Å². The Balaban J connectivity index is 1.47. The molecule has 2 aliphatic rings. The van der Waals surface area contributed by atoms with Gasteiger partial charge in [-0.3, -0.25) is 19.8 Å². The van der Waals surface area contributed by atoms with Crippen LogP contribution < -0.4 is 10.7 Å². The van der Waals surface area contributed by atoms with Gasteiger partial charge < -0.3 is 10.1 Å². The van der Waals surface area contributed by atoms with Crippen LogP contribution in [-0.4, -0.2) is 41.0 Å². The van der Waals surface area contributed by atoms with Gasteiger partial charge in [0.1, 0.15) is 5.54 Å². The number of hydrazine groups is 1. The number of amides is 4. The molecule has 8 nitrogen and oxygen atoms in total. The minimum atomic E-state index is -0.912. The first kappa shape index (κ1) is 19.9. The SMILES string of the molecule is C[C@@H](CC(=O)OCC(=O)NN1C(=O)NC2(CCCCC2)C1=O)c1ccccc1. The van der Waals surface area contributed by atoms with Gasteiger partial charge in [-0.15, -0.1) is 0 Å². The Morgan fingerprint density at radius 2 is 1.86 bits per heavy atom. The normalized spacial score (nSPS) is 19.2. The van der Waals surface area contributed by atoms with E-state index >= 15 is 0 Å². The maximum Gasteiger partial charge on any atom is 0.344 e. The first-order valence-corrected chi connectivity index (χ1v) is 9.58. The molecule has 28 heavy (non-hydrogen) atoms. The van der Waals surface area contributed by atoms with E-state index in [-0.39, 0.29) is 12.3 Å².